The maximum Gasteiger partial charge on any atom is 0.121 e. The van der Waals surface area contributed by atoms with E-state index >= 15 is 0 Å². The van der Waals surface area contributed by atoms with Crippen molar-refractivity contribution in [3.63, 3.8) is 0 Å². The third kappa shape index (κ3) is 2.61. The summed E-state index contributed by atoms with van der Waals surface area (Å²) in [7, 11) is 1.71. The summed E-state index contributed by atoms with van der Waals surface area (Å²) in [4.78, 5) is 0. The highest BCUT2D eigenvalue weighted by Gasteiger charge is 2.25. The lowest BCUT2D eigenvalue weighted by Gasteiger charge is -2.23. The molecule has 94 valence electrons. The molecule has 0 saturated heterocycles. The number of nitrogens with two attached hydrogens (primary N) is 1. The highest BCUT2D eigenvalue weighted by atomic mass is 16.5. The number of methoxy groups -OCH3 is 1. The van der Waals surface area contributed by atoms with Gasteiger partial charge in [0.15, 0.2) is 0 Å². The molecule has 3 N–H and O–H groups in total. The minimum absolute atomic E-state index is 0.280. The van der Waals surface area contributed by atoms with Gasteiger partial charge >= 0.3 is 0 Å². The first kappa shape index (κ1) is 12.4. The number of nitrogens with one attached hydrogen (secondary N) is 1. The highest BCUT2D eigenvalue weighted by molar-refractivity contribution is 5.37. The maximum absolute atomic E-state index is 5.72. The highest BCUT2D eigenvalue weighted by Crippen LogP contribution is 2.36. The van der Waals surface area contributed by atoms with Crippen LogP contribution >= 0.6 is 0 Å². The van der Waals surface area contributed by atoms with Crippen LogP contribution < -0.4 is 16.0 Å². The topological polar surface area (TPSA) is 47.3 Å². The molecule has 0 heterocycles. The number of hydrogen-bond acceptors (Lipinski definition) is 3. The quantitative estimate of drug-likeness (QED) is 0.622. The van der Waals surface area contributed by atoms with E-state index in [1.807, 2.05) is 6.07 Å². The van der Waals surface area contributed by atoms with Crippen LogP contribution in [0.5, 0.6) is 5.75 Å². The molecular formula is C14H22N2O. The Morgan fingerprint density at radius 2 is 2.06 bits per heavy atom. The predicted octanol–water partition coefficient (Wildman–Crippen LogP) is 2.70. The van der Waals surface area contributed by atoms with E-state index in [4.69, 9.17) is 10.6 Å². The second-order valence-electron chi connectivity index (χ2n) is 4.92. The number of hydrogen-bond donors (Lipinski definition) is 2. The zero-order valence-electron chi connectivity index (χ0n) is 10.7. The summed E-state index contributed by atoms with van der Waals surface area (Å²) in [6.45, 7) is 2.07. The molecule has 0 bridgehead atoms. The van der Waals surface area contributed by atoms with Gasteiger partial charge in [0.2, 0.25) is 0 Å². The first-order valence-corrected chi connectivity index (χ1v) is 6.37. The molecule has 3 nitrogen and oxygen atoms in total. The van der Waals surface area contributed by atoms with Gasteiger partial charge in [-0.25, -0.2) is 0 Å². The predicted molar refractivity (Wildman–Crippen MR) is 69.8 cm³/mol. The molecule has 0 aromatic heterocycles. The normalized spacial score (nSPS) is 18.3. The molecule has 0 radical (unpaired) electrons. The molecule has 0 amide bonds. The Bertz CT molecular complexity index is 372. The Labute approximate surface area is 103 Å². The minimum atomic E-state index is 0.280. The van der Waals surface area contributed by atoms with Crippen molar-refractivity contribution >= 4 is 0 Å². The van der Waals surface area contributed by atoms with E-state index in [0.717, 1.165) is 5.75 Å². The molecule has 1 unspecified atom stereocenters. The van der Waals surface area contributed by atoms with Crippen LogP contribution in [-0.4, -0.2) is 7.11 Å². The molecular weight excluding hydrogens is 212 g/mol. The van der Waals surface area contributed by atoms with Crippen molar-refractivity contribution in [2.75, 3.05) is 7.11 Å². The van der Waals surface area contributed by atoms with Crippen LogP contribution in [0.1, 0.15) is 42.9 Å². The summed E-state index contributed by atoms with van der Waals surface area (Å²) in [5.74, 6) is 7.34. The van der Waals surface area contributed by atoms with Crippen LogP contribution in [-0.2, 0) is 0 Å². The monoisotopic (exact) mass is 234 g/mol. The molecule has 1 aromatic rings. The Balaban J connectivity index is 2.21. The van der Waals surface area contributed by atoms with E-state index in [9.17, 15) is 0 Å². The van der Waals surface area contributed by atoms with Gasteiger partial charge in [0.1, 0.15) is 5.75 Å². The fourth-order valence-corrected chi connectivity index (χ4v) is 2.89. The van der Waals surface area contributed by atoms with E-state index in [1.54, 1.807) is 7.11 Å². The number of aryl methyl sites for hydroxylation is 1. The molecule has 0 aliphatic heterocycles. The first-order valence-electron chi connectivity index (χ1n) is 6.37. The van der Waals surface area contributed by atoms with Crippen LogP contribution in [0.15, 0.2) is 18.2 Å². The van der Waals surface area contributed by atoms with E-state index in [1.165, 1.54) is 36.8 Å². The van der Waals surface area contributed by atoms with E-state index in [2.05, 4.69) is 24.5 Å². The lowest BCUT2D eigenvalue weighted by Crippen LogP contribution is -2.32. The summed E-state index contributed by atoms with van der Waals surface area (Å²) in [6.07, 6.45) is 5.22. The number of benzene rings is 1. The average Bonchev–Trinajstić information content (AvgIpc) is 2.84. The second kappa shape index (κ2) is 5.52. The molecule has 1 fully saturated rings. The van der Waals surface area contributed by atoms with Crippen molar-refractivity contribution in [1.82, 2.24) is 5.43 Å². The summed E-state index contributed by atoms with van der Waals surface area (Å²) in [5, 5.41) is 0. The van der Waals surface area contributed by atoms with Crippen molar-refractivity contribution in [2.45, 2.75) is 38.6 Å². The van der Waals surface area contributed by atoms with Crippen molar-refractivity contribution in [1.29, 1.82) is 0 Å². The average molecular weight is 234 g/mol. The SMILES string of the molecule is COc1ccc(C(NN)C2CCCC2)cc1C. The fourth-order valence-electron chi connectivity index (χ4n) is 2.89. The van der Waals surface area contributed by atoms with Crippen LogP contribution in [0.2, 0.25) is 0 Å². The Hall–Kier alpha value is -1.06. The van der Waals surface area contributed by atoms with E-state index in [-0.39, 0.29) is 6.04 Å². The Kier molecular flexibility index (Phi) is 4.02. The van der Waals surface area contributed by atoms with Crippen molar-refractivity contribution < 1.29 is 4.74 Å². The molecule has 1 aliphatic rings. The van der Waals surface area contributed by atoms with Gasteiger partial charge in [-0.1, -0.05) is 25.0 Å². The molecule has 1 atom stereocenters. The molecule has 0 spiro atoms. The van der Waals surface area contributed by atoms with Gasteiger partial charge in [0.05, 0.1) is 7.11 Å². The number of rotatable bonds is 4. The molecule has 1 aromatic carbocycles. The lowest BCUT2D eigenvalue weighted by atomic mass is 9.91. The fraction of sp³-hybridized carbons (Fsp3) is 0.571. The minimum Gasteiger partial charge on any atom is -0.496 e. The van der Waals surface area contributed by atoms with Gasteiger partial charge in [0.25, 0.3) is 0 Å². The standard InChI is InChI=1S/C14H22N2O/c1-10-9-12(7-8-13(10)17-2)14(16-15)11-5-3-4-6-11/h7-9,11,14,16H,3-6,15H2,1-2H3. The Morgan fingerprint density at radius 3 is 2.59 bits per heavy atom. The number of hydrazine groups is 1. The summed E-state index contributed by atoms with van der Waals surface area (Å²) >= 11 is 0. The van der Waals surface area contributed by atoms with E-state index < -0.39 is 0 Å². The van der Waals surface area contributed by atoms with Crippen LogP contribution in [0.3, 0.4) is 0 Å². The van der Waals surface area contributed by atoms with E-state index in [0.29, 0.717) is 5.92 Å². The van der Waals surface area contributed by atoms with Gasteiger partial charge in [-0.3, -0.25) is 11.3 Å². The molecule has 3 heteroatoms. The lowest BCUT2D eigenvalue weighted by molar-refractivity contribution is 0.372. The third-order valence-electron chi connectivity index (χ3n) is 3.83. The summed E-state index contributed by atoms with van der Waals surface area (Å²) in [6, 6.07) is 6.61. The van der Waals surface area contributed by atoms with Crippen LogP contribution in [0, 0.1) is 12.8 Å². The van der Waals surface area contributed by atoms with Gasteiger partial charge in [0, 0.05) is 6.04 Å². The van der Waals surface area contributed by atoms with Gasteiger partial charge < -0.3 is 4.74 Å². The molecule has 2 rings (SSSR count). The number of ether oxygens (including phenoxy) is 1. The third-order valence-corrected chi connectivity index (χ3v) is 3.83. The largest absolute Gasteiger partial charge is 0.496 e. The maximum atomic E-state index is 5.72. The van der Waals surface area contributed by atoms with Gasteiger partial charge in [-0.05, 0) is 42.9 Å². The zero-order valence-corrected chi connectivity index (χ0v) is 10.7. The molecule has 1 saturated carbocycles. The Morgan fingerprint density at radius 1 is 1.35 bits per heavy atom. The van der Waals surface area contributed by atoms with Crippen molar-refractivity contribution in [2.24, 2.45) is 11.8 Å². The first-order chi connectivity index (χ1) is 8.26. The van der Waals surface area contributed by atoms with Crippen LogP contribution in [0.25, 0.3) is 0 Å². The summed E-state index contributed by atoms with van der Waals surface area (Å²) < 4.78 is 5.29. The zero-order chi connectivity index (χ0) is 12.3. The molecule has 17 heavy (non-hydrogen) atoms. The molecule has 1 aliphatic carbocycles. The van der Waals surface area contributed by atoms with Crippen LogP contribution in [0.4, 0.5) is 0 Å². The van der Waals surface area contributed by atoms with Gasteiger partial charge in [-0.2, -0.15) is 0 Å². The summed E-state index contributed by atoms with van der Waals surface area (Å²) in [5.41, 5.74) is 5.43. The van der Waals surface area contributed by atoms with Crippen molar-refractivity contribution in [3.05, 3.63) is 29.3 Å². The second-order valence-corrected chi connectivity index (χ2v) is 4.92. The smallest absolute Gasteiger partial charge is 0.121 e. The van der Waals surface area contributed by atoms with Crippen molar-refractivity contribution in [3.8, 4) is 5.75 Å². The van der Waals surface area contributed by atoms with Gasteiger partial charge in [-0.15, -0.1) is 0 Å².